The van der Waals surface area contributed by atoms with Crippen molar-refractivity contribution in [2.45, 2.75) is 26.4 Å². The number of hydrogen-bond acceptors (Lipinski definition) is 6. The zero-order chi connectivity index (χ0) is 28.5. The lowest BCUT2D eigenvalue weighted by molar-refractivity contribution is -0.116. The monoisotopic (exact) mass is 544 g/mol. The van der Waals surface area contributed by atoms with Crippen LogP contribution in [0.5, 0.6) is 5.75 Å². The summed E-state index contributed by atoms with van der Waals surface area (Å²) in [5.41, 5.74) is 0.999. The number of anilines is 1. The predicted molar refractivity (Wildman–Crippen MR) is 153 cm³/mol. The van der Waals surface area contributed by atoms with Crippen LogP contribution in [0.4, 0.5) is 5.69 Å². The van der Waals surface area contributed by atoms with Crippen molar-refractivity contribution in [3.8, 4) is 5.75 Å². The number of amides is 2. The minimum absolute atomic E-state index is 0.0151. The molecule has 0 aliphatic heterocycles. The number of rotatable bonds is 12. The Hall–Kier alpha value is -4.70. The average molecular weight is 545 g/mol. The summed E-state index contributed by atoms with van der Waals surface area (Å²) in [7, 11) is 1.61. The Morgan fingerprint density at radius 3 is 2.33 bits per heavy atom. The lowest BCUT2D eigenvalue weighted by atomic mass is 10.1. The van der Waals surface area contributed by atoms with Crippen LogP contribution in [0.2, 0.25) is 0 Å². The van der Waals surface area contributed by atoms with Crippen LogP contribution >= 0.6 is 0 Å². The van der Waals surface area contributed by atoms with Gasteiger partial charge in [-0.1, -0.05) is 24.3 Å². The summed E-state index contributed by atoms with van der Waals surface area (Å²) in [6.07, 6.45) is 0.704. The first-order valence-corrected chi connectivity index (χ1v) is 13.0. The Bertz CT molecular complexity index is 1590. The molecular weight excluding hydrogens is 512 g/mol. The van der Waals surface area contributed by atoms with Gasteiger partial charge in [-0.2, -0.15) is 0 Å². The summed E-state index contributed by atoms with van der Waals surface area (Å²) in [5.74, 6) is 0.0550. The molecule has 0 bridgehead atoms. The lowest BCUT2D eigenvalue weighted by Crippen LogP contribution is -2.42. The molecule has 0 spiro atoms. The van der Waals surface area contributed by atoms with Gasteiger partial charge in [0, 0.05) is 31.5 Å². The number of carbonyl (C=O) groups is 2. The maximum absolute atomic E-state index is 13.5. The van der Waals surface area contributed by atoms with Crippen molar-refractivity contribution in [2.24, 2.45) is 0 Å². The molecule has 0 saturated heterocycles. The maximum Gasteiger partial charge on any atom is 0.332 e. The molecule has 10 nitrogen and oxygen atoms in total. The van der Waals surface area contributed by atoms with Crippen LogP contribution in [0, 0.1) is 0 Å². The topological polar surface area (TPSA) is 121 Å². The molecular formula is C30H32N4O6. The van der Waals surface area contributed by atoms with Crippen molar-refractivity contribution >= 4 is 28.4 Å². The van der Waals surface area contributed by atoms with Crippen LogP contribution in [0.15, 0.2) is 82.4 Å². The highest BCUT2D eigenvalue weighted by Gasteiger charge is 2.16. The van der Waals surface area contributed by atoms with Crippen LogP contribution in [0.25, 0.3) is 10.9 Å². The Morgan fingerprint density at radius 2 is 1.62 bits per heavy atom. The standard InChI is InChI=1S/C30H32N4O6/c1-3-40-24-15-13-23(14-16-24)32-27(35)20-33-26-8-5-4-7-25(26)29(37)34(30(33)38)19-21-9-11-22(12-10-21)28(36)31-17-6-18-39-2/h4-5,7-16H,3,6,17-20H2,1-2H3,(H,31,36)(H,32,35). The molecule has 4 rings (SSSR count). The van der Waals surface area contributed by atoms with Crippen molar-refractivity contribution in [3.63, 3.8) is 0 Å². The van der Waals surface area contributed by atoms with Crippen molar-refractivity contribution in [1.29, 1.82) is 0 Å². The highest BCUT2D eigenvalue weighted by Crippen LogP contribution is 2.16. The lowest BCUT2D eigenvalue weighted by Gasteiger charge is -2.14. The van der Waals surface area contributed by atoms with Gasteiger partial charge in [-0.3, -0.25) is 23.5 Å². The van der Waals surface area contributed by atoms with Crippen molar-refractivity contribution < 1.29 is 19.1 Å². The van der Waals surface area contributed by atoms with Gasteiger partial charge in [0.25, 0.3) is 11.5 Å². The van der Waals surface area contributed by atoms with E-state index < -0.39 is 17.2 Å². The number of ether oxygens (including phenoxy) is 2. The summed E-state index contributed by atoms with van der Waals surface area (Å²) in [6.45, 7) is 3.17. The fourth-order valence-corrected chi connectivity index (χ4v) is 4.27. The second-order valence-electron chi connectivity index (χ2n) is 9.08. The molecule has 208 valence electrons. The third kappa shape index (κ3) is 6.83. The maximum atomic E-state index is 13.5. The molecule has 1 heterocycles. The summed E-state index contributed by atoms with van der Waals surface area (Å²) >= 11 is 0. The van der Waals surface area contributed by atoms with Crippen LogP contribution in [0.1, 0.15) is 29.3 Å². The summed E-state index contributed by atoms with van der Waals surface area (Å²) in [5, 5.41) is 5.93. The predicted octanol–water partition coefficient (Wildman–Crippen LogP) is 3.02. The molecule has 2 amide bonds. The van der Waals surface area contributed by atoms with E-state index in [0.717, 1.165) is 4.57 Å². The quantitative estimate of drug-likeness (QED) is 0.265. The molecule has 10 heteroatoms. The second-order valence-corrected chi connectivity index (χ2v) is 9.08. The molecule has 4 aromatic rings. The normalized spacial score (nSPS) is 10.8. The first-order chi connectivity index (χ1) is 19.4. The van der Waals surface area contributed by atoms with Gasteiger partial charge < -0.3 is 20.1 Å². The van der Waals surface area contributed by atoms with E-state index in [1.807, 2.05) is 6.92 Å². The van der Waals surface area contributed by atoms with Gasteiger partial charge in [-0.05, 0) is 67.4 Å². The Kier molecular flexibility index (Phi) is 9.48. The zero-order valence-electron chi connectivity index (χ0n) is 22.5. The number of nitrogens with zero attached hydrogens (tertiary/aromatic N) is 2. The van der Waals surface area contributed by atoms with Gasteiger partial charge in [0.05, 0.1) is 24.1 Å². The number of hydrogen-bond donors (Lipinski definition) is 2. The van der Waals surface area contributed by atoms with Crippen LogP contribution in [-0.2, 0) is 22.6 Å². The molecule has 0 radical (unpaired) electrons. The van der Waals surface area contributed by atoms with Gasteiger partial charge in [-0.25, -0.2) is 4.79 Å². The van der Waals surface area contributed by atoms with E-state index in [-0.39, 0.29) is 19.0 Å². The molecule has 3 aromatic carbocycles. The number of nitrogens with one attached hydrogen (secondary N) is 2. The molecule has 2 N–H and O–H groups in total. The SMILES string of the molecule is CCOc1ccc(NC(=O)Cn2c(=O)n(Cc3ccc(C(=O)NCCCOC)cc3)c(=O)c3ccccc32)cc1. The minimum atomic E-state index is -0.606. The molecule has 40 heavy (non-hydrogen) atoms. The van der Waals surface area contributed by atoms with E-state index in [0.29, 0.717) is 59.6 Å². The molecule has 0 fully saturated rings. The van der Waals surface area contributed by atoms with Crippen molar-refractivity contribution in [1.82, 2.24) is 14.5 Å². The zero-order valence-corrected chi connectivity index (χ0v) is 22.5. The van der Waals surface area contributed by atoms with E-state index in [4.69, 9.17) is 9.47 Å². The Labute approximate surface area is 231 Å². The van der Waals surface area contributed by atoms with Crippen LogP contribution in [-0.4, -0.2) is 47.8 Å². The first-order valence-electron chi connectivity index (χ1n) is 13.0. The largest absolute Gasteiger partial charge is 0.494 e. The third-order valence-corrected chi connectivity index (χ3v) is 6.25. The number of methoxy groups -OCH3 is 1. The molecule has 0 aliphatic rings. The Morgan fingerprint density at radius 1 is 0.900 bits per heavy atom. The van der Waals surface area contributed by atoms with E-state index >= 15 is 0 Å². The fourth-order valence-electron chi connectivity index (χ4n) is 4.27. The van der Waals surface area contributed by atoms with E-state index in [9.17, 15) is 19.2 Å². The average Bonchev–Trinajstić information content (AvgIpc) is 2.97. The third-order valence-electron chi connectivity index (χ3n) is 6.25. The summed E-state index contributed by atoms with van der Waals surface area (Å²) in [4.78, 5) is 52.1. The fraction of sp³-hybridized carbons (Fsp3) is 0.267. The number of fused-ring (bicyclic) bond motifs is 1. The van der Waals surface area contributed by atoms with Gasteiger partial charge in [0.15, 0.2) is 0 Å². The summed E-state index contributed by atoms with van der Waals surface area (Å²) < 4.78 is 12.8. The second kappa shape index (κ2) is 13.4. The summed E-state index contributed by atoms with van der Waals surface area (Å²) in [6, 6.07) is 20.3. The smallest absolute Gasteiger partial charge is 0.332 e. The molecule has 0 saturated carbocycles. The number of benzene rings is 3. The van der Waals surface area contributed by atoms with E-state index in [2.05, 4.69) is 10.6 Å². The van der Waals surface area contributed by atoms with Gasteiger partial charge in [-0.15, -0.1) is 0 Å². The molecule has 1 aromatic heterocycles. The van der Waals surface area contributed by atoms with Crippen LogP contribution < -0.4 is 26.6 Å². The molecule has 0 unspecified atom stereocenters. The number of carbonyl (C=O) groups excluding carboxylic acids is 2. The van der Waals surface area contributed by atoms with Gasteiger partial charge in [0.2, 0.25) is 5.91 Å². The highest BCUT2D eigenvalue weighted by atomic mass is 16.5. The van der Waals surface area contributed by atoms with Crippen molar-refractivity contribution in [2.75, 3.05) is 32.2 Å². The molecule has 0 aliphatic carbocycles. The Balaban J connectivity index is 1.56. The number of para-hydroxylation sites is 1. The molecule has 0 atom stereocenters. The minimum Gasteiger partial charge on any atom is -0.494 e. The van der Waals surface area contributed by atoms with Gasteiger partial charge >= 0.3 is 5.69 Å². The highest BCUT2D eigenvalue weighted by molar-refractivity contribution is 5.94. The van der Waals surface area contributed by atoms with E-state index in [1.165, 1.54) is 4.57 Å². The van der Waals surface area contributed by atoms with Crippen LogP contribution in [0.3, 0.4) is 0 Å². The van der Waals surface area contributed by atoms with Gasteiger partial charge in [0.1, 0.15) is 12.3 Å². The first kappa shape index (κ1) is 28.3. The number of aromatic nitrogens is 2. The van der Waals surface area contributed by atoms with Crippen molar-refractivity contribution in [3.05, 3.63) is 105 Å². The van der Waals surface area contributed by atoms with E-state index in [1.54, 1.807) is 79.9 Å².